The minimum Gasteiger partial charge on any atom is -0.466 e. The average molecular weight is 314 g/mol. The molecule has 0 bridgehead atoms. The highest BCUT2D eigenvalue weighted by Crippen LogP contribution is 2.18. The van der Waals surface area contributed by atoms with Crippen LogP contribution in [0.1, 0.15) is 85.0 Å². The van der Waals surface area contributed by atoms with Crippen molar-refractivity contribution in [2.24, 2.45) is 5.92 Å². The smallest absolute Gasteiger partial charge is 0.308 e. The fourth-order valence-electron chi connectivity index (χ4n) is 2.15. The average Bonchev–Trinajstić information content (AvgIpc) is 2.51. The Bertz CT molecular complexity index is 289. The molecule has 4 heteroatoms. The van der Waals surface area contributed by atoms with Gasteiger partial charge in [0.2, 0.25) is 0 Å². The van der Waals surface area contributed by atoms with Crippen LogP contribution in [-0.2, 0) is 19.1 Å². The van der Waals surface area contributed by atoms with E-state index in [1.807, 2.05) is 0 Å². The van der Waals surface area contributed by atoms with E-state index >= 15 is 0 Å². The molecule has 0 aromatic rings. The van der Waals surface area contributed by atoms with Crippen LogP contribution in [0.25, 0.3) is 0 Å². The zero-order chi connectivity index (χ0) is 16.6. The number of hydrogen-bond donors (Lipinski definition) is 0. The van der Waals surface area contributed by atoms with Crippen molar-refractivity contribution in [2.45, 2.75) is 85.0 Å². The van der Waals surface area contributed by atoms with Crippen molar-refractivity contribution in [1.29, 1.82) is 0 Å². The third-order valence-electron chi connectivity index (χ3n) is 3.69. The number of ether oxygens (including phenoxy) is 2. The molecule has 0 amide bonds. The Balaban J connectivity index is 4.15. The summed E-state index contributed by atoms with van der Waals surface area (Å²) in [7, 11) is 0. The van der Waals surface area contributed by atoms with Gasteiger partial charge in [0.05, 0.1) is 19.1 Å². The van der Waals surface area contributed by atoms with Crippen molar-refractivity contribution in [3.63, 3.8) is 0 Å². The summed E-state index contributed by atoms with van der Waals surface area (Å²) >= 11 is 0. The van der Waals surface area contributed by atoms with Gasteiger partial charge in [0.1, 0.15) is 0 Å². The predicted octanol–water partition coefficient (Wildman–Crippen LogP) is 4.65. The molecule has 0 aliphatic rings. The van der Waals surface area contributed by atoms with E-state index in [2.05, 4.69) is 20.8 Å². The Morgan fingerprint density at radius 3 is 1.95 bits per heavy atom. The molecule has 1 atom stereocenters. The first-order valence-electron chi connectivity index (χ1n) is 8.97. The molecule has 0 N–H and O–H groups in total. The zero-order valence-corrected chi connectivity index (χ0v) is 14.7. The molecule has 0 aliphatic heterocycles. The van der Waals surface area contributed by atoms with Crippen molar-refractivity contribution in [3.8, 4) is 0 Å². The second-order valence-electron chi connectivity index (χ2n) is 5.83. The molecule has 130 valence electrons. The van der Waals surface area contributed by atoms with E-state index in [0.717, 1.165) is 51.4 Å². The quantitative estimate of drug-likeness (QED) is 0.346. The minimum absolute atomic E-state index is 0.147. The van der Waals surface area contributed by atoms with Crippen molar-refractivity contribution in [2.75, 3.05) is 13.2 Å². The number of unbranched alkanes of at least 4 members (excludes halogenated alkanes) is 4. The van der Waals surface area contributed by atoms with Gasteiger partial charge in [0, 0.05) is 6.42 Å². The number of esters is 2. The lowest BCUT2D eigenvalue weighted by Gasteiger charge is -2.15. The molecule has 0 saturated heterocycles. The van der Waals surface area contributed by atoms with E-state index < -0.39 is 0 Å². The molecular weight excluding hydrogens is 280 g/mol. The fraction of sp³-hybridized carbons (Fsp3) is 0.889. The van der Waals surface area contributed by atoms with Gasteiger partial charge in [-0.15, -0.1) is 0 Å². The number of hydrogen-bond acceptors (Lipinski definition) is 4. The van der Waals surface area contributed by atoms with E-state index in [0.29, 0.717) is 26.1 Å². The Labute approximate surface area is 135 Å². The van der Waals surface area contributed by atoms with Crippen LogP contribution in [0.2, 0.25) is 0 Å². The van der Waals surface area contributed by atoms with E-state index in [-0.39, 0.29) is 17.9 Å². The standard InChI is InChI=1S/C18H34O4/c1-4-7-10-11-16(18(20)22-15-9-6-3)12-13-17(19)21-14-8-5-2/h16H,4-15H2,1-3H3. The maximum absolute atomic E-state index is 12.1. The van der Waals surface area contributed by atoms with Crippen LogP contribution >= 0.6 is 0 Å². The maximum Gasteiger partial charge on any atom is 0.308 e. The van der Waals surface area contributed by atoms with E-state index in [9.17, 15) is 9.59 Å². The molecular formula is C18H34O4. The summed E-state index contributed by atoms with van der Waals surface area (Å²) in [4.78, 5) is 23.8. The predicted molar refractivity (Wildman–Crippen MR) is 88.6 cm³/mol. The van der Waals surface area contributed by atoms with E-state index in [1.165, 1.54) is 0 Å². The normalized spacial score (nSPS) is 12.0. The number of rotatable bonds is 14. The second-order valence-corrected chi connectivity index (χ2v) is 5.83. The van der Waals surface area contributed by atoms with Crippen molar-refractivity contribution in [1.82, 2.24) is 0 Å². The zero-order valence-electron chi connectivity index (χ0n) is 14.7. The summed E-state index contributed by atoms with van der Waals surface area (Å²) < 4.78 is 10.5. The Morgan fingerprint density at radius 1 is 0.773 bits per heavy atom. The first-order valence-corrected chi connectivity index (χ1v) is 8.97. The Morgan fingerprint density at radius 2 is 1.36 bits per heavy atom. The summed E-state index contributed by atoms with van der Waals surface area (Å²) in [5, 5.41) is 0. The molecule has 0 fully saturated rings. The summed E-state index contributed by atoms with van der Waals surface area (Å²) in [6, 6.07) is 0. The molecule has 0 radical (unpaired) electrons. The fourth-order valence-corrected chi connectivity index (χ4v) is 2.15. The van der Waals surface area contributed by atoms with Gasteiger partial charge in [-0.1, -0.05) is 52.9 Å². The van der Waals surface area contributed by atoms with Gasteiger partial charge in [-0.25, -0.2) is 0 Å². The Kier molecular flexibility index (Phi) is 14.1. The number of carbonyl (C=O) groups excluding carboxylic acids is 2. The summed E-state index contributed by atoms with van der Waals surface area (Å²) in [5.41, 5.74) is 0. The van der Waals surface area contributed by atoms with Crippen LogP contribution in [0, 0.1) is 5.92 Å². The van der Waals surface area contributed by atoms with Gasteiger partial charge in [0.25, 0.3) is 0 Å². The van der Waals surface area contributed by atoms with Gasteiger partial charge >= 0.3 is 11.9 Å². The van der Waals surface area contributed by atoms with E-state index in [4.69, 9.17) is 9.47 Å². The summed E-state index contributed by atoms with van der Waals surface area (Å²) in [6.07, 6.45) is 8.71. The third-order valence-corrected chi connectivity index (χ3v) is 3.69. The van der Waals surface area contributed by atoms with Crippen LogP contribution in [-0.4, -0.2) is 25.2 Å². The molecule has 4 nitrogen and oxygen atoms in total. The molecule has 0 aromatic carbocycles. The van der Waals surface area contributed by atoms with Crippen LogP contribution < -0.4 is 0 Å². The molecule has 22 heavy (non-hydrogen) atoms. The molecule has 0 rings (SSSR count). The molecule has 0 aliphatic carbocycles. The van der Waals surface area contributed by atoms with Gasteiger partial charge in [-0.3, -0.25) is 9.59 Å². The van der Waals surface area contributed by atoms with Gasteiger partial charge in [0.15, 0.2) is 0 Å². The van der Waals surface area contributed by atoms with Crippen LogP contribution in [0.3, 0.4) is 0 Å². The highest BCUT2D eigenvalue weighted by molar-refractivity contribution is 5.74. The minimum atomic E-state index is -0.199. The number of carbonyl (C=O) groups is 2. The lowest BCUT2D eigenvalue weighted by Crippen LogP contribution is -2.20. The first-order chi connectivity index (χ1) is 10.7. The Hall–Kier alpha value is -1.06. The summed E-state index contributed by atoms with van der Waals surface area (Å²) in [5.74, 6) is -0.511. The lowest BCUT2D eigenvalue weighted by atomic mass is 9.96. The van der Waals surface area contributed by atoms with Gasteiger partial charge < -0.3 is 9.47 Å². The van der Waals surface area contributed by atoms with Crippen LogP contribution in [0.4, 0.5) is 0 Å². The van der Waals surface area contributed by atoms with Crippen molar-refractivity contribution in [3.05, 3.63) is 0 Å². The second kappa shape index (κ2) is 14.9. The maximum atomic E-state index is 12.1. The summed E-state index contributed by atoms with van der Waals surface area (Å²) in [6.45, 7) is 7.24. The molecule has 0 saturated carbocycles. The van der Waals surface area contributed by atoms with Crippen molar-refractivity contribution < 1.29 is 19.1 Å². The molecule has 0 spiro atoms. The lowest BCUT2D eigenvalue weighted by molar-refractivity contribution is -0.150. The molecule has 1 unspecified atom stereocenters. The third kappa shape index (κ3) is 11.6. The first kappa shape index (κ1) is 20.9. The van der Waals surface area contributed by atoms with Gasteiger partial charge in [-0.05, 0) is 25.7 Å². The monoisotopic (exact) mass is 314 g/mol. The van der Waals surface area contributed by atoms with Gasteiger partial charge in [-0.2, -0.15) is 0 Å². The van der Waals surface area contributed by atoms with Crippen LogP contribution in [0.5, 0.6) is 0 Å². The highest BCUT2D eigenvalue weighted by Gasteiger charge is 2.21. The van der Waals surface area contributed by atoms with Crippen molar-refractivity contribution >= 4 is 11.9 Å². The topological polar surface area (TPSA) is 52.6 Å². The van der Waals surface area contributed by atoms with E-state index in [1.54, 1.807) is 0 Å². The molecule has 0 heterocycles. The van der Waals surface area contributed by atoms with Crippen LogP contribution in [0.15, 0.2) is 0 Å². The highest BCUT2D eigenvalue weighted by atomic mass is 16.5. The SMILES string of the molecule is CCCCCC(CCC(=O)OCCCC)C(=O)OCCCC. The molecule has 0 aromatic heterocycles. The largest absolute Gasteiger partial charge is 0.466 e.